The number of benzene rings is 3. The second-order valence-corrected chi connectivity index (χ2v) is 7.03. The Hall–Kier alpha value is -3.05. The topological polar surface area (TPSA) is 47.9 Å². The number of rotatable bonds is 5. The van der Waals surface area contributed by atoms with E-state index in [9.17, 15) is 5.11 Å². The average molecular weight is 394 g/mol. The van der Waals surface area contributed by atoms with Crippen LogP contribution in [-0.4, -0.2) is 26.4 Å². The quantitative estimate of drug-likeness (QED) is 0.649. The first kappa shape index (κ1) is 19.3. The lowest BCUT2D eigenvalue weighted by Crippen LogP contribution is -1.98. The van der Waals surface area contributed by atoms with E-state index in [2.05, 4.69) is 0 Å². The maximum Gasteiger partial charge on any atom is 0.161 e. The van der Waals surface area contributed by atoms with Crippen LogP contribution in [-0.2, 0) is 6.42 Å². The van der Waals surface area contributed by atoms with Crippen LogP contribution in [0.2, 0.25) is 0 Å². The summed E-state index contributed by atoms with van der Waals surface area (Å²) in [7, 11) is 4.74. The molecule has 0 fully saturated rings. The van der Waals surface area contributed by atoms with Crippen molar-refractivity contribution in [3.8, 4) is 39.5 Å². The summed E-state index contributed by atoms with van der Waals surface area (Å²) in [6.07, 6.45) is 0.738. The molecule has 4 nitrogen and oxygen atoms in total. The summed E-state index contributed by atoms with van der Waals surface area (Å²) in [6, 6.07) is 14.4. The molecule has 3 aromatic rings. The summed E-state index contributed by atoms with van der Waals surface area (Å²) in [5.74, 6) is 1.55. The van der Waals surface area contributed by atoms with Gasteiger partial charge in [-0.2, -0.15) is 0 Å². The third kappa shape index (κ3) is 3.32. The molecule has 0 saturated carbocycles. The van der Waals surface area contributed by atoms with Crippen LogP contribution in [0.15, 0.2) is 48.5 Å². The van der Waals surface area contributed by atoms with E-state index in [1.54, 1.807) is 39.5 Å². The third-order valence-electron chi connectivity index (χ3n) is 5.51. The lowest BCUT2D eigenvalue weighted by molar-refractivity contribution is 0.176. The number of fused-ring (bicyclic) bond motifs is 1. The number of aliphatic hydroxyl groups excluding tert-OH is 1. The Kier molecular flexibility index (Phi) is 5.16. The highest BCUT2D eigenvalue weighted by molar-refractivity contribution is 5.76. The zero-order valence-corrected chi connectivity index (χ0v) is 16.7. The van der Waals surface area contributed by atoms with Crippen LogP contribution in [0.4, 0.5) is 4.39 Å². The molecule has 0 amide bonds. The van der Waals surface area contributed by atoms with E-state index < -0.39 is 6.10 Å². The van der Waals surface area contributed by atoms with Gasteiger partial charge in [0.15, 0.2) is 11.5 Å². The Morgan fingerprint density at radius 3 is 2.10 bits per heavy atom. The Labute approximate surface area is 169 Å². The Balaban J connectivity index is 1.76. The summed E-state index contributed by atoms with van der Waals surface area (Å²) in [5.41, 5.74) is 4.62. The smallest absolute Gasteiger partial charge is 0.161 e. The predicted octanol–water partition coefficient (Wildman–Crippen LogP) is 5.17. The summed E-state index contributed by atoms with van der Waals surface area (Å²) in [4.78, 5) is 0. The molecular weight excluding hydrogens is 371 g/mol. The second kappa shape index (κ2) is 7.76. The zero-order valence-electron chi connectivity index (χ0n) is 16.7. The molecule has 150 valence electrons. The first-order valence-corrected chi connectivity index (χ1v) is 9.47. The van der Waals surface area contributed by atoms with Gasteiger partial charge in [0.1, 0.15) is 11.6 Å². The SMILES string of the molecule is COc1ccc(-c2ccc(-c3ccc(OC)c4c3CCC4O)c(F)c2)cc1OC. The highest BCUT2D eigenvalue weighted by Crippen LogP contribution is 2.44. The van der Waals surface area contributed by atoms with Crippen molar-refractivity contribution in [1.29, 1.82) is 0 Å². The van der Waals surface area contributed by atoms with Gasteiger partial charge in [0.05, 0.1) is 27.4 Å². The number of halogens is 1. The van der Waals surface area contributed by atoms with Crippen molar-refractivity contribution >= 4 is 0 Å². The van der Waals surface area contributed by atoms with Crippen molar-refractivity contribution in [3.05, 3.63) is 65.5 Å². The summed E-state index contributed by atoms with van der Waals surface area (Å²) >= 11 is 0. The molecule has 0 radical (unpaired) electrons. The molecule has 0 bridgehead atoms. The van der Waals surface area contributed by atoms with Crippen molar-refractivity contribution < 1.29 is 23.7 Å². The van der Waals surface area contributed by atoms with E-state index >= 15 is 4.39 Å². The van der Waals surface area contributed by atoms with Crippen LogP contribution < -0.4 is 14.2 Å². The first-order chi connectivity index (χ1) is 14.1. The number of hydrogen-bond donors (Lipinski definition) is 1. The summed E-state index contributed by atoms with van der Waals surface area (Å²) < 4.78 is 31.2. The molecule has 1 unspecified atom stereocenters. The normalized spacial score (nSPS) is 15.1. The maximum absolute atomic E-state index is 15.1. The second-order valence-electron chi connectivity index (χ2n) is 7.03. The molecule has 0 aromatic heterocycles. The van der Waals surface area contributed by atoms with Crippen LogP contribution in [0, 0.1) is 5.82 Å². The van der Waals surface area contributed by atoms with Gasteiger partial charge in [-0.15, -0.1) is 0 Å². The minimum Gasteiger partial charge on any atom is -0.496 e. The standard InChI is InChI=1S/C24H23FO4/c1-27-21-10-5-15(13-23(21)29-3)14-4-6-17(19(25)12-14)16-8-11-22(28-2)24-18(16)7-9-20(24)26/h4-6,8,10-13,20,26H,7,9H2,1-3H3. The largest absolute Gasteiger partial charge is 0.496 e. The molecule has 3 aromatic carbocycles. The molecule has 0 heterocycles. The molecule has 0 saturated heterocycles. The lowest BCUT2D eigenvalue weighted by Gasteiger charge is -2.15. The minimum absolute atomic E-state index is 0.314. The predicted molar refractivity (Wildman–Crippen MR) is 110 cm³/mol. The zero-order chi connectivity index (χ0) is 20.5. The number of hydrogen-bond acceptors (Lipinski definition) is 4. The number of aliphatic hydroxyl groups is 1. The molecule has 1 N–H and O–H groups in total. The van der Waals surface area contributed by atoms with E-state index in [1.165, 1.54) is 6.07 Å². The van der Waals surface area contributed by atoms with Crippen LogP contribution in [0.5, 0.6) is 17.2 Å². The number of ether oxygens (including phenoxy) is 3. The fourth-order valence-corrected chi connectivity index (χ4v) is 4.06. The van der Waals surface area contributed by atoms with E-state index in [0.29, 0.717) is 35.7 Å². The van der Waals surface area contributed by atoms with Gasteiger partial charge in [-0.05, 0) is 59.4 Å². The lowest BCUT2D eigenvalue weighted by atomic mass is 9.93. The fourth-order valence-electron chi connectivity index (χ4n) is 4.06. The molecule has 1 atom stereocenters. The Morgan fingerprint density at radius 1 is 0.793 bits per heavy atom. The van der Waals surface area contributed by atoms with Crippen molar-refractivity contribution in [2.45, 2.75) is 18.9 Å². The number of methoxy groups -OCH3 is 3. The third-order valence-corrected chi connectivity index (χ3v) is 5.51. The van der Waals surface area contributed by atoms with Crippen molar-refractivity contribution in [3.63, 3.8) is 0 Å². The maximum atomic E-state index is 15.1. The van der Waals surface area contributed by atoms with Crippen LogP contribution in [0.3, 0.4) is 0 Å². The highest BCUT2D eigenvalue weighted by Gasteiger charge is 2.28. The van der Waals surface area contributed by atoms with Crippen molar-refractivity contribution in [1.82, 2.24) is 0 Å². The van der Waals surface area contributed by atoms with Crippen molar-refractivity contribution in [2.24, 2.45) is 0 Å². The highest BCUT2D eigenvalue weighted by atomic mass is 19.1. The Bertz CT molecular complexity index is 1060. The van der Waals surface area contributed by atoms with Gasteiger partial charge in [0.25, 0.3) is 0 Å². The molecular formula is C24H23FO4. The van der Waals surface area contributed by atoms with Gasteiger partial charge >= 0.3 is 0 Å². The summed E-state index contributed by atoms with van der Waals surface area (Å²) in [5, 5.41) is 10.3. The molecule has 0 aliphatic heterocycles. The van der Waals surface area contributed by atoms with Crippen LogP contribution in [0.1, 0.15) is 23.7 Å². The van der Waals surface area contributed by atoms with E-state index in [-0.39, 0.29) is 5.82 Å². The molecule has 4 rings (SSSR count). The first-order valence-electron chi connectivity index (χ1n) is 9.47. The van der Waals surface area contributed by atoms with Gasteiger partial charge in [-0.25, -0.2) is 4.39 Å². The molecule has 1 aliphatic rings. The monoisotopic (exact) mass is 394 g/mol. The van der Waals surface area contributed by atoms with Gasteiger partial charge in [-0.3, -0.25) is 0 Å². The Morgan fingerprint density at radius 2 is 1.41 bits per heavy atom. The van der Waals surface area contributed by atoms with Crippen molar-refractivity contribution in [2.75, 3.05) is 21.3 Å². The average Bonchev–Trinajstić information content (AvgIpc) is 3.14. The minimum atomic E-state index is -0.575. The molecule has 5 heteroatoms. The van der Waals surface area contributed by atoms with Crippen LogP contribution >= 0.6 is 0 Å². The van der Waals surface area contributed by atoms with E-state index in [4.69, 9.17) is 14.2 Å². The van der Waals surface area contributed by atoms with E-state index in [1.807, 2.05) is 24.3 Å². The van der Waals surface area contributed by atoms with Gasteiger partial charge in [-0.1, -0.05) is 24.3 Å². The van der Waals surface area contributed by atoms with E-state index in [0.717, 1.165) is 27.8 Å². The van der Waals surface area contributed by atoms with Gasteiger partial charge < -0.3 is 19.3 Å². The van der Waals surface area contributed by atoms with Gasteiger partial charge in [0, 0.05) is 11.1 Å². The van der Waals surface area contributed by atoms with Gasteiger partial charge in [0.2, 0.25) is 0 Å². The van der Waals surface area contributed by atoms with Crippen LogP contribution in [0.25, 0.3) is 22.3 Å². The molecule has 1 aliphatic carbocycles. The summed E-state index contributed by atoms with van der Waals surface area (Å²) in [6.45, 7) is 0. The molecule has 0 spiro atoms. The molecule has 29 heavy (non-hydrogen) atoms. The fraction of sp³-hybridized carbons (Fsp3) is 0.250.